The van der Waals surface area contributed by atoms with Gasteiger partial charge in [-0.05, 0) is 13.1 Å². The molecule has 0 aliphatic carbocycles. The Morgan fingerprint density at radius 3 is 1.75 bits per heavy atom. The Kier molecular flexibility index (Phi) is 22.9. The van der Waals surface area contributed by atoms with Crippen molar-refractivity contribution in [1.82, 2.24) is 0 Å². The molecule has 1 N–H and O–H groups in total. The zero-order valence-corrected chi connectivity index (χ0v) is 5.46. The summed E-state index contributed by atoms with van der Waals surface area (Å²) < 4.78 is 0. The van der Waals surface area contributed by atoms with E-state index < -0.39 is 0 Å². The molecular weight excluding hydrogens is 103 g/mol. The first-order chi connectivity index (χ1) is 1.41. The molecule has 0 bridgehead atoms. The van der Waals surface area contributed by atoms with Gasteiger partial charge < -0.3 is 5.41 Å². The smallest absolute Gasteiger partial charge is 0 e. The van der Waals surface area contributed by atoms with Crippen LogP contribution in [-0.2, 0) is 19.5 Å². The summed E-state index contributed by atoms with van der Waals surface area (Å²) >= 11 is 0. The Bertz CT molecular complexity index is 13.5. The van der Waals surface area contributed by atoms with Gasteiger partial charge in [0, 0.05) is 19.5 Å². The zero-order valence-electron chi connectivity index (χ0n) is 2.49. The normalized spacial score (nSPS) is 3.25. The van der Waals surface area contributed by atoms with Crippen LogP contribution < -0.4 is 0 Å². The van der Waals surface area contributed by atoms with Crippen molar-refractivity contribution in [2.75, 3.05) is 0 Å². The molecular formula is C2H4NZn. The third-order valence-corrected chi connectivity index (χ3v) is 0. The van der Waals surface area contributed by atoms with Crippen LogP contribution in [0.4, 0.5) is 0 Å². The van der Waals surface area contributed by atoms with Crippen LogP contribution >= 0.6 is 0 Å². The Balaban J connectivity index is 0. The second kappa shape index (κ2) is 10.4. The van der Waals surface area contributed by atoms with Crippen molar-refractivity contribution in [3.05, 3.63) is 6.92 Å². The van der Waals surface area contributed by atoms with Crippen molar-refractivity contribution < 1.29 is 19.5 Å². The number of hydrogen-bond acceptors (Lipinski definition) is 1. The van der Waals surface area contributed by atoms with Gasteiger partial charge in [-0.15, -0.1) is 0 Å². The van der Waals surface area contributed by atoms with Crippen LogP contribution in [0.3, 0.4) is 0 Å². The maximum absolute atomic E-state index is 5.97. The van der Waals surface area contributed by atoms with Gasteiger partial charge in [0.15, 0.2) is 0 Å². The van der Waals surface area contributed by atoms with Crippen molar-refractivity contribution in [2.24, 2.45) is 0 Å². The predicted molar refractivity (Wildman–Crippen MR) is 14.1 cm³/mol. The van der Waals surface area contributed by atoms with Gasteiger partial charge in [0.05, 0.1) is 0 Å². The molecule has 1 nitrogen and oxygen atoms in total. The summed E-state index contributed by atoms with van der Waals surface area (Å²) in [5.41, 5.74) is 0. The quantitative estimate of drug-likeness (QED) is 0.344. The van der Waals surface area contributed by atoms with E-state index in [0.717, 1.165) is 6.21 Å². The molecule has 0 aromatic carbocycles. The minimum absolute atomic E-state index is 0. The van der Waals surface area contributed by atoms with Crippen LogP contribution in [0.25, 0.3) is 0 Å². The molecule has 2 heteroatoms. The first-order valence-electron chi connectivity index (χ1n) is 0.697. The summed E-state index contributed by atoms with van der Waals surface area (Å²) in [5.74, 6) is 0. The third kappa shape index (κ3) is 44.6. The Morgan fingerprint density at radius 1 is 1.75 bits per heavy atom. The molecule has 0 unspecified atom stereocenters. The van der Waals surface area contributed by atoms with Crippen LogP contribution in [0.1, 0.15) is 0 Å². The van der Waals surface area contributed by atoms with E-state index in [4.69, 9.17) is 5.41 Å². The van der Waals surface area contributed by atoms with Crippen molar-refractivity contribution in [1.29, 1.82) is 5.41 Å². The molecule has 0 spiro atoms. The molecule has 0 atom stereocenters. The molecule has 0 aromatic heterocycles. The van der Waals surface area contributed by atoms with Gasteiger partial charge in [0.2, 0.25) is 0 Å². The molecule has 0 aliphatic heterocycles. The van der Waals surface area contributed by atoms with E-state index in [1.54, 1.807) is 0 Å². The number of hydrogen-bond donors (Lipinski definition) is 1. The first-order valence-corrected chi connectivity index (χ1v) is 0.697. The van der Waals surface area contributed by atoms with Gasteiger partial charge in [-0.3, -0.25) is 0 Å². The van der Waals surface area contributed by atoms with E-state index >= 15 is 0 Å². The molecule has 0 heterocycles. The molecule has 0 saturated heterocycles. The van der Waals surface area contributed by atoms with Gasteiger partial charge in [-0.25, -0.2) is 0 Å². The largest absolute Gasteiger partial charge is 0.313 e. The summed E-state index contributed by atoms with van der Waals surface area (Å²) in [6.07, 6.45) is 1.00. The molecule has 0 aromatic rings. The van der Waals surface area contributed by atoms with E-state index in [1.807, 2.05) is 0 Å². The van der Waals surface area contributed by atoms with Gasteiger partial charge in [0.25, 0.3) is 0 Å². The monoisotopic (exact) mass is 106 g/mol. The van der Waals surface area contributed by atoms with E-state index in [1.165, 1.54) is 0 Å². The maximum Gasteiger partial charge on any atom is 0 e. The summed E-state index contributed by atoms with van der Waals surface area (Å²) in [4.78, 5) is 0. The standard InChI is InChI=1S/C2H4N.Zn/c1-2-3;/h2-3H,1H2;. The Hall–Kier alpha value is 0.293. The second-order valence-corrected chi connectivity index (χ2v) is 0.204. The van der Waals surface area contributed by atoms with E-state index in [-0.39, 0.29) is 19.5 Å². The molecule has 1 radical (unpaired) electrons. The van der Waals surface area contributed by atoms with Crippen molar-refractivity contribution in [2.45, 2.75) is 0 Å². The molecule has 0 rings (SSSR count). The van der Waals surface area contributed by atoms with Gasteiger partial charge in [-0.1, -0.05) is 0 Å². The van der Waals surface area contributed by atoms with Crippen molar-refractivity contribution in [3.8, 4) is 0 Å². The summed E-state index contributed by atoms with van der Waals surface area (Å²) in [7, 11) is 0. The zero-order chi connectivity index (χ0) is 2.71. The first kappa shape index (κ1) is 8.85. The van der Waals surface area contributed by atoms with E-state index in [2.05, 4.69) is 6.92 Å². The minimum atomic E-state index is 0. The average molecular weight is 107 g/mol. The minimum Gasteiger partial charge on any atom is -0.313 e. The molecule has 0 amide bonds. The molecule has 0 aliphatic rings. The van der Waals surface area contributed by atoms with Crippen molar-refractivity contribution >= 4 is 6.21 Å². The van der Waals surface area contributed by atoms with Crippen LogP contribution in [0.2, 0.25) is 0 Å². The SMILES string of the molecule is [CH2]C=N.[Zn]. The molecule has 0 fully saturated rings. The van der Waals surface area contributed by atoms with Gasteiger partial charge in [-0.2, -0.15) is 0 Å². The second-order valence-electron chi connectivity index (χ2n) is 0.204. The van der Waals surface area contributed by atoms with Gasteiger partial charge >= 0.3 is 0 Å². The predicted octanol–water partition coefficient (Wildman–Crippen LogP) is 0.468. The van der Waals surface area contributed by atoms with Crippen LogP contribution in [-0.4, -0.2) is 6.21 Å². The van der Waals surface area contributed by atoms with Crippen LogP contribution in [0.5, 0.6) is 0 Å². The molecule has 19 valence electrons. The summed E-state index contributed by atoms with van der Waals surface area (Å²) in [6.45, 7) is 3.03. The van der Waals surface area contributed by atoms with Crippen LogP contribution in [0.15, 0.2) is 0 Å². The summed E-state index contributed by atoms with van der Waals surface area (Å²) in [6, 6.07) is 0. The summed E-state index contributed by atoms with van der Waals surface area (Å²) in [5, 5.41) is 5.97. The molecule has 4 heavy (non-hydrogen) atoms. The average Bonchev–Trinajstić information content (AvgIpc) is 0.918. The third-order valence-electron chi connectivity index (χ3n) is 0. The Morgan fingerprint density at radius 2 is 1.75 bits per heavy atom. The topological polar surface area (TPSA) is 23.9 Å². The maximum atomic E-state index is 5.97. The van der Waals surface area contributed by atoms with Crippen molar-refractivity contribution in [3.63, 3.8) is 0 Å². The van der Waals surface area contributed by atoms with Crippen LogP contribution in [0, 0.1) is 12.3 Å². The van der Waals surface area contributed by atoms with E-state index in [0.29, 0.717) is 0 Å². The molecule has 0 saturated carbocycles. The number of rotatable bonds is 0. The van der Waals surface area contributed by atoms with E-state index in [9.17, 15) is 0 Å². The fourth-order valence-corrected chi connectivity index (χ4v) is 0. The Labute approximate surface area is 38.7 Å². The number of nitrogens with one attached hydrogen (secondary N) is 1. The fraction of sp³-hybridized carbons (Fsp3) is 0. The van der Waals surface area contributed by atoms with Gasteiger partial charge in [0.1, 0.15) is 0 Å². The fourth-order valence-electron chi connectivity index (χ4n) is 0.